The SMILES string of the molecule is CC(CO)NC(=O)CSC(C)c1nc2ccccc2[nH]1. The standard InChI is InChI=1S/C14H19N3O2S/c1-9(7-18)15-13(19)8-20-10(2)14-16-11-5-3-4-6-12(11)17-14/h3-6,9-10,18H,7-8H2,1-2H3,(H,15,19)(H,16,17). The second kappa shape index (κ2) is 6.76. The first-order valence-corrected chi connectivity index (χ1v) is 7.61. The summed E-state index contributed by atoms with van der Waals surface area (Å²) in [5.41, 5.74) is 1.95. The molecule has 1 aromatic carbocycles. The summed E-state index contributed by atoms with van der Waals surface area (Å²) in [5.74, 6) is 1.15. The van der Waals surface area contributed by atoms with Gasteiger partial charge in [-0.1, -0.05) is 12.1 Å². The van der Waals surface area contributed by atoms with Crippen molar-refractivity contribution in [1.29, 1.82) is 0 Å². The molecule has 0 fully saturated rings. The molecule has 1 heterocycles. The lowest BCUT2D eigenvalue weighted by Gasteiger charge is -2.12. The molecule has 0 spiro atoms. The zero-order valence-corrected chi connectivity index (χ0v) is 12.4. The molecule has 2 rings (SSSR count). The number of nitrogens with zero attached hydrogens (tertiary/aromatic N) is 1. The zero-order valence-electron chi connectivity index (χ0n) is 11.6. The molecule has 6 heteroatoms. The first-order valence-electron chi connectivity index (χ1n) is 6.56. The van der Waals surface area contributed by atoms with E-state index < -0.39 is 0 Å². The highest BCUT2D eigenvalue weighted by molar-refractivity contribution is 8.00. The molecule has 1 aromatic heterocycles. The molecule has 2 atom stereocenters. The third kappa shape index (κ3) is 3.74. The van der Waals surface area contributed by atoms with Crippen molar-refractivity contribution < 1.29 is 9.90 Å². The van der Waals surface area contributed by atoms with E-state index in [1.807, 2.05) is 31.2 Å². The molecule has 20 heavy (non-hydrogen) atoms. The van der Waals surface area contributed by atoms with Crippen molar-refractivity contribution in [3.63, 3.8) is 0 Å². The van der Waals surface area contributed by atoms with E-state index in [-0.39, 0.29) is 23.8 Å². The molecule has 5 nitrogen and oxygen atoms in total. The topological polar surface area (TPSA) is 78.0 Å². The van der Waals surface area contributed by atoms with Crippen molar-refractivity contribution >= 4 is 28.7 Å². The van der Waals surface area contributed by atoms with Gasteiger partial charge in [0, 0.05) is 6.04 Å². The summed E-state index contributed by atoms with van der Waals surface area (Å²) in [7, 11) is 0. The number of benzene rings is 1. The molecule has 0 radical (unpaired) electrons. The molecular formula is C14H19N3O2S. The second-order valence-corrected chi connectivity index (χ2v) is 6.07. The average molecular weight is 293 g/mol. The fraction of sp³-hybridized carbons (Fsp3) is 0.429. The van der Waals surface area contributed by atoms with Crippen LogP contribution >= 0.6 is 11.8 Å². The Kier molecular flexibility index (Phi) is 5.03. The van der Waals surface area contributed by atoms with Gasteiger partial charge in [0.05, 0.1) is 28.6 Å². The quantitative estimate of drug-likeness (QED) is 0.759. The number of imidazole rings is 1. The van der Waals surface area contributed by atoms with Gasteiger partial charge in [-0.15, -0.1) is 11.8 Å². The van der Waals surface area contributed by atoms with Crippen molar-refractivity contribution in [3.05, 3.63) is 30.1 Å². The maximum Gasteiger partial charge on any atom is 0.230 e. The van der Waals surface area contributed by atoms with Crippen molar-refractivity contribution in [2.75, 3.05) is 12.4 Å². The Hall–Kier alpha value is -1.53. The zero-order chi connectivity index (χ0) is 14.5. The third-order valence-electron chi connectivity index (χ3n) is 2.94. The minimum absolute atomic E-state index is 0.0461. The number of aliphatic hydroxyl groups is 1. The van der Waals surface area contributed by atoms with Crippen molar-refractivity contribution in [2.45, 2.75) is 25.1 Å². The fourth-order valence-electron chi connectivity index (χ4n) is 1.81. The maximum absolute atomic E-state index is 11.6. The number of carbonyl (C=O) groups is 1. The number of fused-ring (bicyclic) bond motifs is 1. The van der Waals surface area contributed by atoms with Crippen LogP contribution in [-0.4, -0.2) is 39.4 Å². The number of nitrogens with one attached hydrogen (secondary N) is 2. The number of aromatic nitrogens is 2. The molecule has 0 saturated heterocycles. The Bertz CT molecular complexity index is 552. The molecule has 2 aromatic rings. The summed E-state index contributed by atoms with van der Waals surface area (Å²) in [6.45, 7) is 3.74. The van der Waals surface area contributed by atoms with Crippen LogP contribution in [0.1, 0.15) is 24.9 Å². The van der Waals surface area contributed by atoms with E-state index in [1.54, 1.807) is 6.92 Å². The van der Waals surface area contributed by atoms with Crippen LogP contribution in [0.15, 0.2) is 24.3 Å². The summed E-state index contributed by atoms with van der Waals surface area (Å²) in [4.78, 5) is 19.4. The minimum atomic E-state index is -0.204. The lowest BCUT2D eigenvalue weighted by molar-refractivity contribution is -0.119. The van der Waals surface area contributed by atoms with E-state index >= 15 is 0 Å². The van der Waals surface area contributed by atoms with Crippen LogP contribution in [0.5, 0.6) is 0 Å². The molecule has 0 saturated carbocycles. The number of carbonyl (C=O) groups excluding carboxylic acids is 1. The molecule has 0 aliphatic carbocycles. The van der Waals surface area contributed by atoms with E-state index in [4.69, 9.17) is 5.11 Å². The van der Waals surface area contributed by atoms with Gasteiger partial charge >= 0.3 is 0 Å². The minimum Gasteiger partial charge on any atom is -0.394 e. The van der Waals surface area contributed by atoms with E-state index in [2.05, 4.69) is 15.3 Å². The normalized spacial score (nSPS) is 14.2. The number of hydrogen-bond donors (Lipinski definition) is 3. The van der Waals surface area contributed by atoms with Crippen molar-refractivity contribution in [1.82, 2.24) is 15.3 Å². The smallest absolute Gasteiger partial charge is 0.230 e. The van der Waals surface area contributed by atoms with Crippen molar-refractivity contribution in [2.24, 2.45) is 0 Å². The molecular weight excluding hydrogens is 274 g/mol. The molecule has 0 aliphatic rings. The number of amides is 1. The van der Waals surface area contributed by atoms with Gasteiger partial charge in [0.25, 0.3) is 0 Å². The monoisotopic (exact) mass is 293 g/mol. The molecule has 0 aliphatic heterocycles. The van der Waals surface area contributed by atoms with E-state index in [9.17, 15) is 4.79 Å². The van der Waals surface area contributed by atoms with Gasteiger partial charge in [0.15, 0.2) is 0 Å². The van der Waals surface area contributed by atoms with Crippen LogP contribution < -0.4 is 5.32 Å². The van der Waals surface area contributed by atoms with Crippen LogP contribution in [0.3, 0.4) is 0 Å². The lowest BCUT2D eigenvalue weighted by Crippen LogP contribution is -2.36. The predicted molar refractivity (Wildman–Crippen MR) is 81.7 cm³/mol. The highest BCUT2D eigenvalue weighted by Crippen LogP contribution is 2.27. The number of hydrogen-bond acceptors (Lipinski definition) is 4. The maximum atomic E-state index is 11.6. The predicted octanol–water partition coefficient (Wildman–Crippen LogP) is 1.85. The highest BCUT2D eigenvalue weighted by Gasteiger charge is 2.14. The summed E-state index contributed by atoms with van der Waals surface area (Å²) in [6, 6.07) is 7.66. The lowest BCUT2D eigenvalue weighted by atomic mass is 10.3. The van der Waals surface area contributed by atoms with Gasteiger partial charge in [-0.3, -0.25) is 4.79 Å². The van der Waals surface area contributed by atoms with Crippen LogP contribution in [0, 0.1) is 0 Å². The summed E-state index contributed by atoms with van der Waals surface area (Å²) < 4.78 is 0. The number of para-hydroxylation sites is 2. The molecule has 3 N–H and O–H groups in total. The first-order chi connectivity index (χ1) is 9.60. The van der Waals surface area contributed by atoms with Gasteiger partial charge < -0.3 is 15.4 Å². The number of rotatable bonds is 6. The largest absolute Gasteiger partial charge is 0.394 e. The van der Waals surface area contributed by atoms with Crippen LogP contribution in [0.25, 0.3) is 11.0 Å². The van der Waals surface area contributed by atoms with Gasteiger partial charge in [-0.25, -0.2) is 4.98 Å². The van der Waals surface area contributed by atoms with Crippen molar-refractivity contribution in [3.8, 4) is 0 Å². The van der Waals surface area contributed by atoms with E-state index in [0.717, 1.165) is 16.9 Å². The average Bonchev–Trinajstić information content (AvgIpc) is 2.88. The van der Waals surface area contributed by atoms with E-state index in [0.29, 0.717) is 5.75 Å². The van der Waals surface area contributed by atoms with Crippen LogP contribution in [0.4, 0.5) is 0 Å². The number of H-pyrrole nitrogens is 1. The fourth-order valence-corrected chi connectivity index (χ4v) is 2.56. The Morgan fingerprint density at radius 2 is 2.20 bits per heavy atom. The Balaban J connectivity index is 1.91. The van der Waals surface area contributed by atoms with Crippen LogP contribution in [0.2, 0.25) is 0 Å². The number of aliphatic hydroxyl groups excluding tert-OH is 1. The van der Waals surface area contributed by atoms with Gasteiger partial charge in [-0.2, -0.15) is 0 Å². The molecule has 1 amide bonds. The summed E-state index contributed by atoms with van der Waals surface area (Å²) in [5, 5.41) is 11.7. The second-order valence-electron chi connectivity index (χ2n) is 4.74. The van der Waals surface area contributed by atoms with Gasteiger partial charge in [-0.05, 0) is 26.0 Å². The van der Waals surface area contributed by atoms with Crippen LogP contribution in [-0.2, 0) is 4.79 Å². The Morgan fingerprint density at radius 3 is 2.90 bits per heavy atom. The summed E-state index contributed by atoms with van der Waals surface area (Å²) >= 11 is 1.52. The number of thioether (sulfide) groups is 1. The highest BCUT2D eigenvalue weighted by atomic mass is 32.2. The number of aromatic amines is 1. The van der Waals surface area contributed by atoms with Gasteiger partial charge in [0.1, 0.15) is 5.82 Å². The summed E-state index contributed by atoms with van der Waals surface area (Å²) in [6.07, 6.45) is 0. The Labute approximate surface area is 122 Å². The molecule has 108 valence electrons. The third-order valence-corrected chi connectivity index (χ3v) is 4.09. The molecule has 0 bridgehead atoms. The van der Waals surface area contributed by atoms with E-state index in [1.165, 1.54) is 11.8 Å². The van der Waals surface area contributed by atoms with Gasteiger partial charge in [0.2, 0.25) is 5.91 Å². The Morgan fingerprint density at radius 1 is 1.45 bits per heavy atom. The first kappa shape index (κ1) is 14.9. The molecule has 2 unspecified atom stereocenters.